The molecule has 12 heavy (non-hydrogen) atoms. The van der Waals surface area contributed by atoms with Gasteiger partial charge in [-0.15, -0.1) is 13.2 Å². The van der Waals surface area contributed by atoms with E-state index < -0.39 is 0 Å². The molecular weight excluding hydrogens is 150 g/mol. The van der Waals surface area contributed by atoms with Gasteiger partial charge in [0.25, 0.3) is 0 Å². The molecule has 0 heterocycles. The maximum absolute atomic E-state index is 11.3. The summed E-state index contributed by atoms with van der Waals surface area (Å²) in [6.07, 6.45) is 4.77. The number of hydrogen-bond donors (Lipinski definition) is 1. The molecule has 2 heteroatoms. The van der Waals surface area contributed by atoms with Crippen molar-refractivity contribution in [1.82, 2.24) is 5.32 Å². The van der Waals surface area contributed by atoms with Crippen LogP contribution in [0.25, 0.3) is 0 Å². The van der Waals surface area contributed by atoms with Crippen LogP contribution >= 0.6 is 0 Å². The molecule has 0 aromatic rings. The normalized spacial score (nSPS) is 12.1. The summed E-state index contributed by atoms with van der Waals surface area (Å²) in [4.78, 5) is 11.3. The van der Waals surface area contributed by atoms with Crippen LogP contribution in [-0.2, 0) is 4.79 Å². The third-order valence-electron chi connectivity index (χ3n) is 1.65. The first-order chi connectivity index (χ1) is 5.76. The molecule has 0 radical (unpaired) electrons. The Hall–Kier alpha value is -0.890. The van der Waals surface area contributed by atoms with Gasteiger partial charge in [-0.3, -0.25) is 4.79 Å². The van der Waals surface area contributed by atoms with E-state index in [0.29, 0.717) is 19.4 Å². The average molecular weight is 167 g/mol. The van der Waals surface area contributed by atoms with Crippen molar-refractivity contribution in [3.63, 3.8) is 0 Å². The highest BCUT2D eigenvalue weighted by molar-refractivity contribution is 5.83. The van der Waals surface area contributed by atoms with E-state index >= 15 is 0 Å². The molecule has 0 aliphatic heterocycles. The third-order valence-corrected chi connectivity index (χ3v) is 1.65. The molecule has 0 aliphatic rings. The molecule has 68 valence electrons. The molecule has 0 aromatic heterocycles. The number of hydrogen-bond acceptors (Lipinski definition) is 2. The summed E-state index contributed by atoms with van der Waals surface area (Å²) in [7, 11) is 0. The summed E-state index contributed by atoms with van der Waals surface area (Å²) < 4.78 is 0. The minimum Gasteiger partial charge on any atom is -0.304 e. The van der Waals surface area contributed by atoms with Gasteiger partial charge in [-0.1, -0.05) is 19.1 Å². The number of Topliss-reactive ketones (excluding diaryl/α,β-unsaturated/α-hetero) is 1. The van der Waals surface area contributed by atoms with Crippen LogP contribution in [-0.4, -0.2) is 18.4 Å². The second-order valence-electron chi connectivity index (χ2n) is 2.59. The quantitative estimate of drug-likeness (QED) is 0.584. The number of carbonyl (C=O) groups excluding carboxylic acids is 1. The van der Waals surface area contributed by atoms with Gasteiger partial charge in [-0.25, -0.2) is 0 Å². The SMILES string of the molecule is C=CCN[C@@H](CC=C)C(=O)CC. The highest BCUT2D eigenvalue weighted by atomic mass is 16.1. The fourth-order valence-corrected chi connectivity index (χ4v) is 0.967. The minimum absolute atomic E-state index is 0.0782. The summed E-state index contributed by atoms with van der Waals surface area (Å²) >= 11 is 0. The number of nitrogens with one attached hydrogen (secondary N) is 1. The zero-order chi connectivity index (χ0) is 9.40. The van der Waals surface area contributed by atoms with Crippen molar-refractivity contribution in [3.8, 4) is 0 Å². The summed E-state index contributed by atoms with van der Waals surface area (Å²) in [6, 6.07) is -0.0782. The molecule has 0 amide bonds. The van der Waals surface area contributed by atoms with Gasteiger partial charge < -0.3 is 5.32 Å². The van der Waals surface area contributed by atoms with Gasteiger partial charge in [0.05, 0.1) is 6.04 Å². The zero-order valence-corrected chi connectivity index (χ0v) is 7.68. The monoisotopic (exact) mass is 167 g/mol. The van der Waals surface area contributed by atoms with Crippen LogP contribution < -0.4 is 5.32 Å². The summed E-state index contributed by atoms with van der Waals surface area (Å²) in [5, 5.41) is 3.08. The van der Waals surface area contributed by atoms with Crippen LogP contribution in [0.3, 0.4) is 0 Å². The van der Waals surface area contributed by atoms with Gasteiger partial charge in [-0.2, -0.15) is 0 Å². The number of ketones is 1. The lowest BCUT2D eigenvalue weighted by Crippen LogP contribution is -2.35. The van der Waals surface area contributed by atoms with Crippen LogP contribution in [0, 0.1) is 0 Å². The van der Waals surface area contributed by atoms with Crippen molar-refractivity contribution in [2.45, 2.75) is 25.8 Å². The highest BCUT2D eigenvalue weighted by Crippen LogP contribution is 1.97. The van der Waals surface area contributed by atoms with Crippen molar-refractivity contribution < 1.29 is 4.79 Å². The molecule has 0 saturated heterocycles. The Kier molecular flexibility index (Phi) is 6.29. The molecule has 0 unspecified atom stereocenters. The van der Waals surface area contributed by atoms with Gasteiger partial charge in [-0.05, 0) is 6.42 Å². The lowest BCUT2D eigenvalue weighted by Gasteiger charge is -2.13. The molecule has 1 N–H and O–H groups in total. The van der Waals surface area contributed by atoms with E-state index in [2.05, 4.69) is 18.5 Å². The van der Waals surface area contributed by atoms with Crippen molar-refractivity contribution in [2.75, 3.05) is 6.54 Å². The average Bonchev–Trinajstić information content (AvgIpc) is 2.11. The van der Waals surface area contributed by atoms with Gasteiger partial charge >= 0.3 is 0 Å². The van der Waals surface area contributed by atoms with E-state index in [-0.39, 0.29) is 11.8 Å². The van der Waals surface area contributed by atoms with Crippen LogP contribution in [0.2, 0.25) is 0 Å². The van der Waals surface area contributed by atoms with E-state index in [1.54, 1.807) is 12.2 Å². The number of carbonyl (C=O) groups is 1. The Balaban J connectivity index is 3.92. The standard InChI is InChI=1S/C10H17NO/c1-4-7-9(10(12)6-3)11-8-5-2/h4-5,9,11H,1-2,6-8H2,3H3/t9-/m0/s1. The summed E-state index contributed by atoms with van der Waals surface area (Å²) in [6.45, 7) is 9.73. The predicted octanol–water partition coefficient (Wildman–Crippen LogP) is 1.69. The van der Waals surface area contributed by atoms with Crippen molar-refractivity contribution in [2.24, 2.45) is 0 Å². The Morgan fingerprint density at radius 1 is 1.50 bits per heavy atom. The fraction of sp³-hybridized carbons (Fsp3) is 0.500. The molecule has 0 spiro atoms. The molecule has 0 fully saturated rings. The second kappa shape index (κ2) is 6.80. The largest absolute Gasteiger partial charge is 0.304 e. The molecule has 0 rings (SSSR count). The van der Waals surface area contributed by atoms with Crippen molar-refractivity contribution in [1.29, 1.82) is 0 Å². The van der Waals surface area contributed by atoms with Gasteiger partial charge in [0.2, 0.25) is 0 Å². The van der Waals surface area contributed by atoms with Crippen LogP contribution in [0.1, 0.15) is 19.8 Å². The van der Waals surface area contributed by atoms with Gasteiger partial charge in [0.1, 0.15) is 5.78 Å². The Labute approximate surface area is 74.4 Å². The van der Waals surface area contributed by atoms with Crippen LogP contribution in [0.5, 0.6) is 0 Å². The lowest BCUT2D eigenvalue weighted by molar-refractivity contribution is -0.120. The minimum atomic E-state index is -0.0782. The molecule has 0 saturated carbocycles. The van der Waals surface area contributed by atoms with E-state index in [1.165, 1.54) is 0 Å². The summed E-state index contributed by atoms with van der Waals surface area (Å²) in [5.74, 6) is 0.233. The lowest BCUT2D eigenvalue weighted by atomic mass is 10.1. The maximum Gasteiger partial charge on any atom is 0.149 e. The van der Waals surface area contributed by atoms with E-state index in [1.807, 2.05) is 6.92 Å². The predicted molar refractivity (Wildman–Crippen MR) is 52.1 cm³/mol. The van der Waals surface area contributed by atoms with Crippen molar-refractivity contribution in [3.05, 3.63) is 25.3 Å². The van der Waals surface area contributed by atoms with E-state index in [4.69, 9.17) is 0 Å². The molecule has 1 atom stereocenters. The Morgan fingerprint density at radius 3 is 2.58 bits per heavy atom. The van der Waals surface area contributed by atoms with Crippen molar-refractivity contribution >= 4 is 5.78 Å². The van der Waals surface area contributed by atoms with Crippen LogP contribution in [0.15, 0.2) is 25.3 Å². The highest BCUT2D eigenvalue weighted by Gasteiger charge is 2.12. The first-order valence-corrected chi connectivity index (χ1v) is 4.24. The maximum atomic E-state index is 11.3. The van der Waals surface area contributed by atoms with Gasteiger partial charge in [0.15, 0.2) is 0 Å². The fourth-order valence-electron chi connectivity index (χ4n) is 0.967. The van der Waals surface area contributed by atoms with E-state index in [0.717, 1.165) is 0 Å². The molecular formula is C10H17NO. The first-order valence-electron chi connectivity index (χ1n) is 4.24. The molecule has 0 aliphatic carbocycles. The molecule has 2 nitrogen and oxygen atoms in total. The summed E-state index contributed by atoms with van der Waals surface area (Å²) in [5.41, 5.74) is 0. The first kappa shape index (κ1) is 11.1. The Morgan fingerprint density at radius 2 is 2.17 bits per heavy atom. The van der Waals surface area contributed by atoms with Gasteiger partial charge in [0, 0.05) is 13.0 Å². The second-order valence-corrected chi connectivity index (χ2v) is 2.59. The van der Waals surface area contributed by atoms with Crippen LogP contribution in [0.4, 0.5) is 0 Å². The molecule has 0 aromatic carbocycles. The zero-order valence-electron chi connectivity index (χ0n) is 7.68. The topological polar surface area (TPSA) is 29.1 Å². The smallest absolute Gasteiger partial charge is 0.149 e. The number of rotatable bonds is 7. The third kappa shape index (κ3) is 4.09. The van der Waals surface area contributed by atoms with E-state index in [9.17, 15) is 4.79 Å². The Bertz CT molecular complexity index is 163. The molecule has 0 bridgehead atoms.